The molecule has 0 amide bonds. The van der Waals surface area contributed by atoms with Crippen LogP contribution in [0.15, 0.2) is 24.3 Å². The summed E-state index contributed by atoms with van der Waals surface area (Å²) in [5.41, 5.74) is 11.4. The van der Waals surface area contributed by atoms with Gasteiger partial charge < -0.3 is 15.9 Å². The van der Waals surface area contributed by atoms with Crippen LogP contribution in [0.1, 0.15) is 141 Å². The maximum absolute atomic E-state index is 11.0. The highest BCUT2D eigenvalue weighted by Gasteiger charge is 2.28. The molecule has 0 spiro atoms. The highest BCUT2D eigenvalue weighted by atomic mass is 16.3. The molecular weight excluding hydrogens is 458 g/mol. The Morgan fingerprint density at radius 1 is 0.649 bits per heavy atom. The number of hydrogen-bond donors (Lipinski definition) is 3. The minimum Gasteiger partial charge on any atom is -0.507 e. The Labute approximate surface area is 226 Å². The van der Waals surface area contributed by atoms with Gasteiger partial charge in [0.2, 0.25) is 0 Å². The molecule has 0 fully saturated rings. The van der Waals surface area contributed by atoms with E-state index >= 15 is 0 Å². The summed E-state index contributed by atoms with van der Waals surface area (Å²) in [5, 5.41) is 20.7. The highest BCUT2D eigenvalue weighted by molar-refractivity contribution is 5.81. The maximum Gasteiger partial charge on any atom is 0.153 e. The van der Waals surface area contributed by atoms with Crippen molar-refractivity contribution in [1.82, 2.24) is 0 Å². The molecule has 4 heteroatoms. The number of carbonyl (C=O) groups excluding carboxylic acids is 1. The van der Waals surface area contributed by atoms with E-state index in [0.717, 1.165) is 28.5 Å². The molecule has 0 aromatic heterocycles. The van der Waals surface area contributed by atoms with Crippen molar-refractivity contribution in [3.63, 3.8) is 0 Å². The lowest BCUT2D eigenvalue weighted by molar-refractivity contribution is 0.112. The van der Waals surface area contributed by atoms with Gasteiger partial charge in [-0.2, -0.15) is 0 Å². The van der Waals surface area contributed by atoms with Crippen molar-refractivity contribution >= 4 is 6.29 Å². The van der Waals surface area contributed by atoms with Crippen LogP contribution in [0.2, 0.25) is 0 Å². The molecule has 2 rings (SSSR count). The molecule has 0 aliphatic carbocycles. The lowest BCUT2D eigenvalue weighted by Gasteiger charge is -2.29. The SMILES string of the molecule is CC(C)(C)c1cc(C=O)c(O)c(C(C)(C)C)c1.CC(C)C(N)c1cc(C(C)(C)C)cc(C(C)(C)C)c1O. The summed E-state index contributed by atoms with van der Waals surface area (Å²) < 4.78 is 0. The Morgan fingerprint density at radius 2 is 1.03 bits per heavy atom. The fourth-order valence-corrected chi connectivity index (χ4v) is 4.03. The fourth-order valence-electron chi connectivity index (χ4n) is 4.03. The Kier molecular flexibility index (Phi) is 9.89. The summed E-state index contributed by atoms with van der Waals surface area (Å²) in [4.78, 5) is 11.0. The standard InChI is InChI=1S/C18H31NO.C15H22O2/c1-11(2)15(19)13-9-12(17(3,4)5)10-14(16(13)20)18(6,7)8;1-14(2,3)11-7-10(9-16)13(17)12(8-11)15(4,5)6/h9-11,15,20H,19H2,1-8H3;7-9,17H,1-6H3. The van der Waals surface area contributed by atoms with Crippen LogP contribution >= 0.6 is 0 Å². The Bertz CT molecular complexity index is 1080. The van der Waals surface area contributed by atoms with Crippen molar-refractivity contribution in [2.45, 2.75) is 125 Å². The van der Waals surface area contributed by atoms with Crippen LogP contribution in [-0.4, -0.2) is 16.5 Å². The van der Waals surface area contributed by atoms with Gasteiger partial charge in [-0.05, 0) is 56.4 Å². The van der Waals surface area contributed by atoms with E-state index in [-0.39, 0.29) is 33.5 Å². The molecule has 0 saturated carbocycles. The monoisotopic (exact) mass is 511 g/mol. The molecule has 0 saturated heterocycles. The summed E-state index contributed by atoms with van der Waals surface area (Å²) >= 11 is 0. The van der Waals surface area contributed by atoms with Crippen LogP contribution in [0, 0.1) is 5.92 Å². The summed E-state index contributed by atoms with van der Waals surface area (Å²) in [7, 11) is 0. The number of aromatic hydroxyl groups is 2. The lowest BCUT2D eigenvalue weighted by atomic mass is 9.77. The van der Waals surface area contributed by atoms with Gasteiger partial charge in [0.1, 0.15) is 11.5 Å². The van der Waals surface area contributed by atoms with Crippen molar-refractivity contribution in [2.24, 2.45) is 11.7 Å². The predicted octanol–water partition coefficient (Wildman–Crippen LogP) is 8.44. The van der Waals surface area contributed by atoms with Gasteiger partial charge in [0.15, 0.2) is 6.29 Å². The summed E-state index contributed by atoms with van der Waals surface area (Å²) in [6, 6.07) is 7.85. The number of phenols is 2. The van der Waals surface area contributed by atoms with Crippen molar-refractivity contribution in [2.75, 3.05) is 0 Å². The molecule has 1 atom stereocenters. The molecule has 4 nitrogen and oxygen atoms in total. The normalized spacial score (nSPS) is 13.7. The van der Waals surface area contributed by atoms with Crippen LogP contribution in [0.5, 0.6) is 11.5 Å². The molecule has 0 aliphatic heterocycles. The van der Waals surface area contributed by atoms with Crippen LogP contribution in [0.3, 0.4) is 0 Å². The van der Waals surface area contributed by atoms with Crippen molar-refractivity contribution < 1.29 is 15.0 Å². The molecule has 4 N–H and O–H groups in total. The first-order valence-electron chi connectivity index (χ1n) is 13.4. The van der Waals surface area contributed by atoms with Crippen molar-refractivity contribution in [3.8, 4) is 11.5 Å². The van der Waals surface area contributed by atoms with Crippen LogP contribution in [-0.2, 0) is 21.7 Å². The number of hydrogen-bond acceptors (Lipinski definition) is 4. The largest absolute Gasteiger partial charge is 0.507 e. The second-order valence-corrected chi connectivity index (χ2v) is 14.8. The molecule has 2 aromatic rings. The van der Waals surface area contributed by atoms with Crippen LogP contribution in [0.4, 0.5) is 0 Å². The second-order valence-electron chi connectivity index (χ2n) is 14.8. The minimum atomic E-state index is -0.177. The van der Waals surface area contributed by atoms with Gasteiger partial charge in [-0.25, -0.2) is 0 Å². The average molecular weight is 512 g/mol. The van der Waals surface area contributed by atoms with Crippen molar-refractivity contribution in [3.05, 3.63) is 57.6 Å². The van der Waals surface area contributed by atoms with Crippen LogP contribution < -0.4 is 5.73 Å². The third kappa shape index (κ3) is 8.33. The quantitative estimate of drug-likeness (QED) is 0.361. The maximum atomic E-state index is 11.0. The van der Waals surface area contributed by atoms with Crippen molar-refractivity contribution in [1.29, 1.82) is 0 Å². The van der Waals surface area contributed by atoms with Gasteiger partial charge in [-0.15, -0.1) is 0 Å². The highest BCUT2D eigenvalue weighted by Crippen LogP contribution is 2.41. The summed E-state index contributed by atoms with van der Waals surface area (Å²) in [6.45, 7) is 29.5. The summed E-state index contributed by atoms with van der Waals surface area (Å²) in [5.74, 6) is 0.774. The number of nitrogens with two attached hydrogens (primary N) is 1. The molecule has 0 aliphatic rings. The first-order chi connectivity index (χ1) is 16.4. The molecule has 0 bridgehead atoms. The second kappa shape index (κ2) is 11.2. The third-order valence-electron chi connectivity index (χ3n) is 6.83. The van der Waals surface area contributed by atoms with E-state index in [1.54, 1.807) is 6.07 Å². The van der Waals surface area contributed by atoms with E-state index in [4.69, 9.17) is 5.73 Å². The predicted molar refractivity (Wildman–Crippen MR) is 158 cm³/mol. The van der Waals surface area contributed by atoms with E-state index in [0.29, 0.717) is 17.2 Å². The smallest absolute Gasteiger partial charge is 0.153 e. The van der Waals surface area contributed by atoms with Gasteiger partial charge >= 0.3 is 0 Å². The van der Waals surface area contributed by atoms with Crippen LogP contribution in [0.25, 0.3) is 0 Å². The molecule has 0 radical (unpaired) electrons. The molecule has 0 heterocycles. The Morgan fingerprint density at radius 3 is 1.35 bits per heavy atom. The van der Waals surface area contributed by atoms with E-state index in [9.17, 15) is 15.0 Å². The summed E-state index contributed by atoms with van der Waals surface area (Å²) in [6.07, 6.45) is 0.722. The van der Waals surface area contributed by atoms with Gasteiger partial charge in [0.05, 0.1) is 5.56 Å². The molecule has 2 aromatic carbocycles. The number of benzene rings is 2. The fraction of sp³-hybridized carbons (Fsp3) is 0.606. The van der Waals surface area contributed by atoms with E-state index in [1.165, 1.54) is 5.56 Å². The third-order valence-corrected chi connectivity index (χ3v) is 6.83. The van der Waals surface area contributed by atoms with Gasteiger partial charge in [-0.3, -0.25) is 4.79 Å². The zero-order valence-electron chi connectivity index (χ0n) is 25.9. The molecule has 37 heavy (non-hydrogen) atoms. The Balaban J connectivity index is 0.000000375. The molecular formula is C33H53NO3. The Hall–Kier alpha value is -2.33. The van der Waals surface area contributed by atoms with Gasteiger partial charge in [0.25, 0.3) is 0 Å². The topological polar surface area (TPSA) is 83.5 Å². The minimum absolute atomic E-state index is 0.0362. The number of carbonyl (C=O) groups is 1. The number of rotatable bonds is 3. The van der Waals surface area contributed by atoms with E-state index in [1.807, 2.05) is 26.8 Å². The zero-order chi connectivity index (χ0) is 29.3. The first kappa shape index (κ1) is 32.7. The average Bonchev–Trinajstić information content (AvgIpc) is 2.70. The number of phenolic OH excluding ortho intramolecular Hbond substituents is 2. The number of aldehydes is 1. The zero-order valence-corrected chi connectivity index (χ0v) is 25.9. The first-order valence-corrected chi connectivity index (χ1v) is 13.4. The van der Waals surface area contributed by atoms with Gasteiger partial charge in [0, 0.05) is 17.2 Å². The molecule has 208 valence electrons. The van der Waals surface area contributed by atoms with Gasteiger partial charge in [-0.1, -0.05) is 109 Å². The lowest BCUT2D eigenvalue weighted by Crippen LogP contribution is -2.22. The van der Waals surface area contributed by atoms with E-state index < -0.39 is 0 Å². The molecule has 1 unspecified atom stereocenters. The van der Waals surface area contributed by atoms with E-state index in [2.05, 4.69) is 88.3 Å².